The molecule has 0 saturated heterocycles. The summed E-state index contributed by atoms with van der Waals surface area (Å²) in [6, 6.07) is 3.73. The number of nitrogens with one attached hydrogen (secondary N) is 2. The third kappa shape index (κ3) is 5.90. The molecule has 1 aromatic carbocycles. The van der Waals surface area contributed by atoms with Gasteiger partial charge in [-0.25, -0.2) is 4.39 Å². The second kappa shape index (κ2) is 8.66. The normalized spacial score (nSPS) is 13.7. The largest absolute Gasteiger partial charge is 0.383 e. The van der Waals surface area contributed by atoms with Crippen LogP contribution in [0, 0.1) is 23.1 Å². The van der Waals surface area contributed by atoms with Crippen molar-refractivity contribution in [1.82, 2.24) is 10.6 Å². The lowest BCUT2D eigenvalue weighted by molar-refractivity contribution is -0.134. The number of nitrogens with zero attached hydrogens (tertiary/aromatic N) is 1. The summed E-state index contributed by atoms with van der Waals surface area (Å²) in [5.41, 5.74) is -0.365. The number of rotatable bonds is 8. The van der Waals surface area contributed by atoms with Crippen LogP contribution in [0.5, 0.6) is 0 Å². The molecule has 0 radical (unpaired) electrons. The first-order valence-corrected chi connectivity index (χ1v) is 7.90. The second-order valence-electron chi connectivity index (χ2n) is 6.76. The van der Waals surface area contributed by atoms with Crippen LogP contribution in [0.25, 0.3) is 0 Å². The molecule has 0 aliphatic carbocycles. The summed E-state index contributed by atoms with van der Waals surface area (Å²) in [6.45, 7) is 6.23. The number of halogens is 1. The fourth-order valence-electron chi connectivity index (χ4n) is 2.05. The highest BCUT2D eigenvalue weighted by atomic mass is 19.1. The van der Waals surface area contributed by atoms with Crippen LogP contribution in [0.1, 0.15) is 36.7 Å². The zero-order chi connectivity index (χ0) is 19.2. The Morgan fingerprint density at radius 1 is 1.36 bits per heavy atom. The number of carbonyl (C=O) groups is 2. The molecule has 8 heteroatoms. The van der Waals surface area contributed by atoms with Crippen molar-refractivity contribution in [3.8, 4) is 0 Å². The Bertz CT molecular complexity index is 649. The van der Waals surface area contributed by atoms with Gasteiger partial charge in [0.15, 0.2) is 0 Å². The number of hydrogen-bond acceptors (Lipinski definition) is 5. The topological polar surface area (TPSA) is 108 Å². The van der Waals surface area contributed by atoms with Gasteiger partial charge in [-0.2, -0.15) is 4.91 Å². The maximum atomic E-state index is 13.5. The minimum atomic E-state index is -1.40. The molecular formula is C17H24FN3O4. The number of carbonyl (C=O) groups excluding carboxylic acids is 2. The van der Waals surface area contributed by atoms with Gasteiger partial charge < -0.3 is 15.7 Å². The van der Waals surface area contributed by atoms with Gasteiger partial charge in [-0.1, -0.05) is 25.1 Å². The van der Waals surface area contributed by atoms with Gasteiger partial charge in [0.05, 0.1) is 6.54 Å². The van der Waals surface area contributed by atoms with Crippen LogP contribution in [0.2, 0.25) is 0 Å². The molecule has 2 amide bonds. The van der Waals surface area contributed by atoms with Crippen LogP contribution in [0.3, 0.4) is 0 Å². The average molecular weight is 353 g/mol. The highest BCUT2D eigenvalue weighted by Crippen LogP contribution is 2.21. The molecule has 1 aromatic rings. The molecule has 25 heavy (non-hydrogen) atoms. The quantitative estimate of drug-likeness (QED) is 0.616. The molecule has 0 aromatic heterocycles. The second-order valence-corrected chi connectivity index (χ2v) is 6.76. The maximum absolute atomic E-state index is 13.5. The molecule has 1 rings (SSSR count). The first-order valence-electron chi connectivity index (χ1n) is 7.90. The SMILES string of the molecule is Cc1ccc(C(=O)NC(C)CNC(=O)C(O)C(C)(C)CN=O)cc1F. The zero-order valence-corrected chi connectivity index (χ0v) is 14.8. The van der Waals surface area contributed by atoms with Gasteiger partial charge >= 0.3 is 0 Å². The Labute approximate surface area is 146 Å². The van der Waals surface area contributed by atoms with E-state index in [1.165, 1.54) is 12.1 Å². The predicted octanol–water partition coefficient (Wildman–Crippen LogP) is 1.52. The lowest BCUT2D eigenvalue weighted by atomic mass is 9.86. The fourth-order valence-corrected chi connectivity index (χ4v) is 2.05. The highest BCUT2D eigenvalue weighted by Gasteiger charge is 2.34. The molecule has 3 N–H and O–H groups in total. The number of aryl methyl sites for hydroxylation is 1. The van der Waals surface area contributed by atoms with Gasteiger partial charge in [0.25, 0.3) is 5.91 Å². The van der Waals surface area contributed by atoms with E-state index in [2.05, 4.69) is 15.8 Å². The van der Waals surface area contributed by atoms with Crippen molar-refractivity contribution in [1.29, 1.82) is 0 Å². The van der Waals surface area contributed by atoms with E-state index in [0.717, 1.165) is 6.07 Å². The van der Waals surface area contributed by atoms with Crippen molar-refractivity contribution in [3.05, 3.63) is 40.1 Å². The van der Waals surface area contributed by atoms with Crippen LogP contribution in [0.4, 0.5) is 4.39 Å². The molecule has 0 aliphatic heterocycles. The minimum absolute atomic E-state index is 0.0700. The monoisotopic (exact) mass is 353 g/mol. The van der Waals surface area contributed by atoms with Crippen molar-refractivity contribution >= 4 is 11.8 Å². The van der Waals surface area contributed by atoms with Crippen LogP contribution in [-0.2, 0) is 4.79 Å². The van der Waals surface area contributed by atoms with E-state index in [1.807, 2.05) is 0 Å². The summed E-state index contributed by atoms with van der Waals surface area (Å²) in [5.74, 6) is -1.59. The predicted molar refractivity (Wildman–Crippen MR) is 91.5 cm³/mol. The number of aliphatic hydroxyl groups is 1. The number of amides is 2. The van der Waals surface area contributed by atoms with Gasteiger partial charge in [0.1, 0.15) is 11.9 Å². The Balaban J connectivity index is 2.55. The van der Waals surface area contributed by atoms with Crippen molar-refractivity contribution < 1.29 is 19.1 Å². The van der Waals surface area contributed by atoms with E-state index >= 15 is 0 Å². The molecule has 0 fully saturated rings. The molecule has 138 valence electrons. The van der Waals surface area contributed by atoms with Gasteiger partial charge in [0, 0.05) is 23.6 Å². The van der Waals surface area contributed by atoms with E-state index < -0.39 is 35.2 Å². The zero-order valence-electron chi connectivity index (χ0n) is 14.8. The van der Waals surface area contributed by atoms with Gasteiger partial charge in [-0.15, -0.1) is 0 Å². The first kappa shape index (κ1) is 20.7. The molecule has 0 spiro atoms. The third-order valence-electron chi connectivity index (χ3n) is 3.85. The van der Waals surface area contributed by atoms with Crippen molar-refractivity contribution in [2.24, 2.45) is 10.6 Å². The van der Waals surface area contributed by atoms with Crippen molar-refractivity contribution in [3.63, 3.8) is 0 Å². The fraction of sp³-hybridized carbons (Fsp3) is 0.529. The van der Waals surface area contributed by atoms with Crippen LogP contribution in [-0.4, -0.2) is 42.2 Å². The summed E-state index contributed by atoms with van der Waals surface area (Å²) >= 11 is 0. The maximum Gasteiger partial charge on any atom is 0.251 e. The molecule has 7 nitrogen and oxygen atoms in total. The minimum Gasteiger partial charge on any atom is -0.383 e. The smallest absolute Gasteiger partial charge is 0.251 e. The van der Waals surface area contributed by atoms with Gasteiger partial charge in [-0.05, 0) is 31.5 Å². The number of aliphatic hydroxyl groups excluding tert-OH is 1. The molecule has 0 bridgehead atoms. The summed E-state index contributed by atoms with van der Waals surface area (Å²) in [4.78, 5) is 34.3. The van der Waals surface area contributed by atoms with Crippen LogP contribution >= 0.6 is 0 Å². The Kier molecular flexibility index (Phi) is 7.17. The van der Waals surface area contributed by atoms with E-state index in [0.29, 0.717) is 5.56 Å². The van der Waals surface area contributed by atoms with Gasteiger partial charge in [0.2, 0.25) is 5.91 Å². The molecule has 0 heterocycles. The Morgan fingerprint density at radius 2 is 2.00 bits per heavy atom. The molecule has 0 saturated carbocycles. The van der Waals surface area contributed by atoms with Crippen molar-refractivity contribution in [2.45, 2.75) is 39.8 Å². The lowest BCUT2D eigenvalue weighted by Crippen LogP contribution is -2.49. The highest BCUT2D eigenvalue weighted by molar-refractivity contribution is 5.94. The number of nitroso groups, excluding NO2 is 1. The van der Waals surface area contributed by atoms with Crippen LogP contribution < -0.4 is 10.6 Å². The summed E-state index contributed by atoms with van der Waals surface area (Å²) in [5, 5.41) is 17.8. The molecular weight excluding hydrogens is 329 g/mol. The number of benzene rings is 1. The third-order valence-corrected chi connectivity index (χ3v) is 3.85. The van der Waals surface area contributed by atoms with E-state index in [-0.39, 0.29) is 18.7 Å². The Morgan fingerprint density at radius 3 is 2.56 bits per heavy atom. The van der Waals surface area contributed by atoms with E-state index in [1.54, 1.807) is 27.7 Å². The summed E-state index contributed by atoms with van der Waals surface area (Å²) < 4.78 is 13.5. The lowest BCUT2D eigenvalue weighted by Gasteiger charge is -2.27. The first-order chi connectivity index (χ1) is 11.6. The van der Waals surface area contributed by atoms with E-state index in [4.69, 9.17) is 0 Å². The van der Waals surface area contributed by atoms with E-state index in [9.17, 15) is 24.0 Å². The molecule has 2 unspecified atom stereocenters. The Hall–Kier alpha value is -2.35. The standard InChI is InChI=1S/C17H24FN3O4/c1-10-5-6-12(7-13(10)18)15(23)21-11(2)8-19-16(24)14(22)17(3,4)9-20-25/h5-7,11,14,22H,8-9H2,1-4H3,(H,19,24)(H,21,23). The molecule has 2 atom stereocenters. The number of hydrogen-bond donors (Lipinski definition) is 3. The van der Waals surface area contributed by atoms with Crippen LogP contribution in [0.15, 0.2) is 23.4 Å². The summed E-state index contributed by atoms with van der Waals surface area (Å²) in [6.07, 6.45) is -1.40. The average Bonchev–Trinajstić information content (AvgIpc) is 2.54. The van der Waals surface area contributed by atoms with Gasteiger partial charge in [-0.3, -0.25) is 9.59 Å². The van der Waals surface area contributed by atoms with Crippen molar-refractivity contribution in [2.75, 3.05) is 13.1 Å². The summed E-state index contributed by atoms with van der Waals surface area (Å²) in [7, 11) is 0. The molecule has 0 aliphatic rings.